The maximum absolute atomic E-state index is 11.8. The van der Waals surface area contributed by atoms with Crippen molar-refractivity contribution in [2.24, 2.45) is 5.92 Å². The summed E-state index contributed by atoms with van der Waals surface area (Å²) in [6.07, 6.45) is 0.645. The van der Waals surface area contributed by atoms with Gasteiger partial charge in [0.25, 0.3) is 0 Å². The third kappa shape index (κ3) is 4.26. The zero-order chi connectivity index (χ0) is 15.3. The predicted molar refractivity (Wildman–Crippen MR) is 79.7 cm³/mol. The van der Waals surface area contributed by atoms with Gasteiger partial charge in [-0.15, -0.1) is 0 Å². The number of methoxy groups -OCH3 is 1. The number of esters is 1. The van der Waals surface area contributed by atoms with Crippen LogP contribution >= 0.6 is 0 Å². The zero-order valence-electron chi connectivity index (χ0n) is 12.4. The fraction of sp³-hybridized carbons (Fsp3) is 0.467. The van der Waals surface area contributed by atoms with Crippen molar-refractivity contribution in [2.45, 2.75) is 33.2 Å². The first-order valence-corrected chi connectivity index (χ1v) is 6.60. The van der Waals surface area contributed by atoms with Gasteiger partial charge in [-0.3, -0.25) is 4.79 Å². The molecule has 5 heteroatoms. The lowest BCUT2D eigenvalue weighted by Crippen LogP contribution is -2.32. The smallest absolute Gasteiger partial charge is 0.328 e. The minimum Gasteiger partial charge on any atom is -0.467 e. The second-order valence-electron chi connectivity index (χ2n) is 5.21. The molecule has 1 unspecified atom stereocenters. The first-order chi connectivity index (χ1) is 9.35. The Hall–Kier alpha value is -2.04. The minimum absolute atomic E-state index is 0.107. The Balaban J connectivity index is 2.96. The molecule has 110 valence electrons. The molecule has 5 nitrogen and oxygen atoms in total. The molecular formula is C15H22N2O3. The number of nitrogens with two attached hydrogens (primary N) is 1. The van der Waals surface area contributed by atoms with Crippen LogP contribution in [0.3, 0.4) is 0 Å². The molecule has 1 aromatic carbocycles. The van der Waals surface area contributed by atoms with Crippen LogP contribution in [0, 0.1) is 5.92 Å². The van der Waals surface area contributed by atoms with Crippen LogP contribution in [0.25, 0.3) is 0 Å². The average molecular weight is 278 g/mol. The number of nitrogen functional groups attached to an aromatic ring is 1. The number of nitrogens with one attached hydrogen (secondary N) is 1. The minimum atomic E-state index is -0.441. The van der Waals surface area contributed by atoms with Gasteiger partial charge in [-0.05, 0) is 37.5 Å². The van der Waals surface area contributed by atoms with Crippen LogP contribution in [0.4, 0.5) is 11.4 Å². The molecule has 0 heterocycles. The topological polar surface area (TPSA) is 81.4 Å². The van der Waals surface area contributed by atoms with Gasteiger partial charge >= 0.3 is 5.97 Å². The third-order valence-electron chi connectivity index (χ3n) is 2.97. The Bertz CT molecular complexity index is 498. The van der Waals surface area contributed by atoms with Gasteiger partial charge in [0.1, 0.15) is 6.04 Å². The molecule has 0 aromatic heterocycles. The molecule has 0 fully saturated rings. The third-order valence-corrected chi connectivity index (χ3v) is 2.97. The summed E-state index contributed by atoms with van der Waals surface area (Å²) in [7, 11) is 1.36. The molecule has 1 rings (SSSR count). The predicted octanol–water partition coefficient (Wildman–Crippen LogP) is 2.47. The van der Waals surface area contributed by atoms with Crippen molar-refractivity contribution in [1.29, 1.82) is 0 Å². The molecule has 1 atom stereocenters. The first kappa shape index (κ1) is 16.0. The van der Waals surface area contributed by atoms with E-state index in [4.69, 9.17) is 10.5 Å². The summed E-state index contributed by atoms with van der Waals surface area (Å²) >= 11 is 0. The number of anilines is 2. The van der Waals surface area contributed by atoms with E-state index in [-0.39, 0.29) is 11.8 Å². The molecule has 0 spiro atoms. The molecule has 0 saturated heterocycles. The maximum Gasteiger partial charge on any atom is 0.328 e. The Labute approximate surface area is 119 Å². The van der Waals surface area contributed by atoms with Crippen molar-refractivity contribution in [3.8, 4) is 0 Å². The van der Waals surface area contributed by atoms with E-state index in [9.17, 15) is 9.59 Å². The van der Waals surface area contributed by atoms with E-state index < -0.39 is 6.04 Å². The molecule has 0 radical (unpaired) electrons. The van der Waals surface area contributed by atoms with Crippen LogP contribution < -0.4 is 11.1 Å². The quantitative estimate of drug-likeness (QED) is 0.474. The highest BCUT2D eigenvalue weighted by atomic mass is 16.5. The van der Waals surface area contributed by atoms with Gasteiger partial charge < -0.3 is 15.8 Å². The molecule has 3 N–H and O–H groups in total. The van der Waals surface area contributed by atoms with E-state index in [0.717, 1.165) is 0 Å². The lowest BCUT2D eigenvalue weighted by molar-refractivity contribution is -0.141. The number of ether oxygens (including phenoxy) is 1. The van der Waals surface area contributed by atoms with Gasteiger partial charge in [0.2, 0.25) is 0 Å². The normalized spacial score (nSPS) is 12.1. The van der Waals surface area contributed by atoms with Gasteiger partial charge in [-0.1, -0.05) is 13.8 Å². The van der Waals surface area contributed by atoms with Crippen LogP contribution in [0.5, 0.6) is 0 Å². The summed E-state index contributed by atoms with van der Waals surface area (Å²) in [4.78, 5) is 23.2. The standard InChI is InChI=1S/C15H22N2O3/c1-9(2)7-14(15(19)20-4)17-11-5-6-13(16)12(8-11)10(3)18/h5-6,8-9,14,17H,7,16H2,1-4H3. The Kier molecular flexibility index (Phi) is 5.55. The molecule has 0 amide bonds. The summed E-state index contributed by atoms with van der Waals surface area (Å²) in [5.74, 6) is -0.0859. The first-order valence-electron chi connectivity index (χ1n) is 6.60. The summed E-state index contributed by atoms with van der Waals surface area (Å²) in [5.41, 5.74) is 7.31. The number of benzene rings is 1. The van der Waals surface area contributed by atoms with E-state index in [1.54, 1.807) is 18.2 Å². The number of carbonyl (C=O) groups is 2. The Morgan fingerprint density at radius 3 is 2.50 bits per heavy atom. The van der Waals surface area contributed by atoms with Crippen LogP contribution in [0.2, 0.25) is 0 Å². The lowest BCUT2D eigenvalue weighted by atomic mass is 10.0. The lowest BCUT2D eigenvalue weighted by Gasteiger charge is -2.20. The maximum atomic E-state index is 11.8. The summed E-state index contributed by atoms with van der Waals surface area (Å²) < 4.78 is 4.79. The highest BCUT2D eigenvalue weighted by molar-refractivity contribution is 6.00. The van der Waals surface area contributed by atoms with Crippen molar-refractivity contribution in [2.75, 3.05) is 18.2 Å². The number of ketones is 1. The number of rotatable bonds is 6. The van der Waals surface area contributed by atoms with Gasteiger partial charge in [-0.2, -0.15) is 0 Å². The highest BCUT2D eigenvalue weighted by Gasteiger charge is 2.20. The molecule has 20 heavy (non-hydrogen) atoms. The van der Waals surface area contributed by atoms with Crippen LogP contribution in [0.15, 0.2) is 18.2 Å². The second-order valence-corrected chi connectivity index (χ2v) is 5.21. The van der Waals surface area contributed by atoms with Crippen molar-refractivity contribution in [1.82, 2.24) is 0 Å². The summed E-state index contributed by atoms with van der Waals surface area (Å²) in [5, 5.41) is 3.10. The monoisotopic (exact) mass is 278 g/mol. The van der Waals surface area contributed by atoms with E-state index in [0.29, 0.717) is 29.3 Å². The van der Waals surface area contributed by atoms with Crippen LogP contribution in [-0.4, -0.2) is 24.9 Å². The number of hydrogen-bond donors (Lipinski definition) is 2. The molecule has 0 saturated carbocycles. The van der Waals surface area contributed by atoms with Crippen LogP contribution in [-0.2, 0) is 9.53 Å². The van der Waals surface area contributed by atoms with Gasteiger partial charge in [0.15, 0.2) is 5.78 Å². The van der Waals surface area contributed by atoms with Crippen molar-refractivity contribution in [3.05, 3.63) is 23.8 Å². The number of hydrogen-bond acceptors (Lipinski definition) is 5. The van der Waals surface area contributed by atoms with Gasteiger partial charge in [-0.25, -0.2) is 4.79 Å². The Morgan fingerprint density at radius 1 is 1.35 bits per heavy atom. The van der Waals surface area contributed by atoms with Gasteiger partial charge in [0.05, 0.1) is 7.11 Å². The largest absolute Gasteiger partial charge is 0.467 e. The number of carbonyl (C=O) groups excluding carboxylic acids is 2. The van der Waals surface area contributed by atoms with Crippen molar-refractivity contribution >= 4 is 23.1 Å². The van der Waals surface area contributed by atoms with E-state index >= 15 is 0 Å². The fourth-order valence-electron chi connectivity index (χ4n) is 1.98. The van der Waals surface area contributed by atoms with E-state index in [1.165, 1.54) is 14.0 Å². The van der Waals surface area contributed by atoms with E-state index in [1.807, 2.05) is 13.8 Å². The molecule has 0 aliphatic heterocycles. The zero-order valence-corrected chi connectivity index (χ0v) is 12.4. The van der Waals surface area contributed by atoms with E-state index in [2.05, 4.69) is 5.32 Å². The highest BCUT2D eigenvalue weighted by Crippen LogP contribution is 2.20. The molecule has 0 aliphatic carbocycles. The number of Topliss-reactive ketones (excluding diaryl/α,β-unsaturated/α-hetero) is 1. The van der Waals surface area contributed by atoms with Crippen molar-refractivity contribution < 1.29 is 14.3 Å². The molecule has 1 aromatic rings. The molecule has 0 bridgehead atoms. The summed E-state index contributed by atoms with van der Waals surface area (Å²) in [6, 6.07) is 4.62. The van der Waals surface area contributed by atoms with Gasteiger partial charge in [0, 0.05) is 16.9 Å². The Morgan fingerprint density at radius 2 is 2.00 bits per heavy atom. The summed E-state index contributed by atoms with van der Waals surface area (Å²) in [6.45, 7) is 5.52. The second kappa shape index (κ2) is 6.93. The SMILES string of the molecule is COC(=O)C(CC(C)C)Nc1ccc(N)c(C(C)=O)c1. The average Bonchev–Trinajstić information content (AvgIpc) is 2.38. The van der Waals surface area contributed by atoms with Crippen LogP contribution in [0.1, 0.15) is 37.6 Å². The molecular weight excluding hydrogens is 256 g/mol. The molecule has 0 aliphatic rings. The van der Waals surface area contributed by atoms with Crippen molar-refractivity contribution in [3.63, 3.8) is 0 Å². The fourth-order valence-corrected chi connectivity index (χ4v) is 1.98.